The molecular formula is C10H14N4O3S2. The van der Waals surface area contributed by atoms with Crippen molar-refractivity contribution >= 4 is 32.3 Å². The Morgan fingerprint density at radius 3 is 2.95 bits per heavy atom. The molecule has 2 amide bonds. The monoisotopic (exact) mass is 302 g/mol. The molecule has 2 aliphatic rings. The average Bonchev–Trinajstić information content (AvgIpc) is 2.92. The van der Waals surface area contributed by atoms with E-state index in [4.69, 9.17) is 0 Å². The fourth-order valence-corrected chi connectivity index (χ4v) is 5.37. The third kappa shape index (κ3) is 2.20. The molecule has 0 spiro atoms. The number of urea groups is 1. The molecule has 1 N–H and O–H groups in total. The summed E-state index contributed by atoms with van der Waals surface area (Å²) in [4.78, 5) is 13.4. The van der Waals surface area contributed by atoms with Gasteiger partial charge in [-0.25, -0.2) is 13.2 Å². The number of carbonyl (C=O) groups excluding carboxylic acids is 1. The van der Waals surface area contributed by atoms with E-state index in [0.717, 1.165) is 17.8 Å². The minimum Gasteiger partial charge on any atom is -0.332 e. The lowest BCUT2D eigenvalue weighted by Gasteiger charge is -2.16. The van der Waals surface area contributed by atoms with E-state index in [-0.39, 0.29) is 29.6 Å². The van der Waals surface area contributed by atoms with Gasteiger partial charge in [-0.3, -0.25) is 4.90 Å². The van der Waals surface area contributed by atoms with Crippen molar-refractivity contribution in [2.75, 3.05) is 16.4 Å². The first-order valence-corrected chi connectivity index (χ1v) is 8.76. The van der Waals surface area contributed by atoms with Gasteiger partial charge in [0.2, 0.25) is 5.13 Å². The molecule has 0 saturated carbocycles. The zero-order chi connectivity index (χ0) is 13.6. The number of carbonyl (C=O) groups is 1. The molecule has 19 heavy (non-hydrogen) atoms. The highest BCUT2D eigenvalue weighted by atomic mass is 32.2. The first-order chi connectivity index (χ1) is 9.00. The molecule has 0 aliphatic carbocycles. The molecule has 7 nitrogen and oxygen atoms in total. The Bertz CT molecular complexity index is 612. The van der Waals surface area contributed by atoms with Gasteiger partial charge in [0.1, 0.15) is 5.01 Å². The number of fused-ring (bicyclic) bond motifs is 1. The molecular weight excluding hydrogens is 288 g/mol. The lowest BCUT2D eigenvalue weighted by molar-refractivity contribution is 0.251. The Morgan fingerprint density at radius 2 is 2.21 bits per heavy atom. The summed E-state index contributed by atoms with van der Waals surface area (Å²) in [6.45, 7) is 2.04. The lowest BCUT2D eigenvalue weighted by atomic mass is 10.2. The number of nitrogens with zero attached hydrogens (tertiary/aromatic N) is 3. The van der Waals surface area contributed by atoms with Gasteiger partial charge in [0.15, 0.2) is 9.84 Å². The van der Waals surface area contributed by atoms with E-state index in [1.54, 1.807) is 0 Å². The van der Waals surface area contributed by atoms with Gasteiger partial charge >= 0.3 is 6.03 Å². The first kappa shape index (κ1) is 12.8. The number of aromatic nitrogens is 2. The number of hydrogen-bond donors (Lipinski definition) is 1. The Hall–Kier alpha value is -1.22. The summed E-state index contributed by atoms with van der Waals surface area (Å²) >= 11 is 1.36. The van der Waals surface area contributed by atoms with Crippen molar-refractivity contribution in [2.45, 2.75) is 31.8 Å². The Kier molecular flexibility index (Phi) is 2.97. The quantitative estimate of drug-likeness (QED) is 0.804. The highest BCUT2D eigenvalue weighted by Crippen LogP contribution is 2.31. The van der Waals surface area contributed by atoms with Crippen LogP contribution in [0, 0.1) is 0 Å². The predicted molar refractivity (Wildman–Crippen MR) is 71.1 cm³/mol. The van der Waals surface area contributed by atoms with Crippen molar-refractivity contribution in [3.05, 3.63) is 5.01 Å². The first-order valence-electron chi connectivity index (χ1n) is 6.12. The van der Waals surface area contributed by atoms with Gasteiger partial charge in [0.05, 0.1) is 23.6 Å². The lowest BCUT2D eigenvalue weighted by Crippen LogP contribution is -2.36. The normalized spacial score (nSPS) is 28.5. The van der Waals surface area contributed by atoms with E-state index < -0.39 is 9.84 Å². The van der Waals surface area contributed by atoms with Crippen LogP contribution in [-0.2, 0) is 16.3 Å². The molecule has 9 heteroatoms. The molecule has 3 rings (SSSR count). The number of aryl methyl sites for hydroxylation is 1. The number of nitrogens with one attached hydrogen (secondary N) is 1. The second-order valence-corrected chi connectivity index (χ2v) is 7.99. The van der Waals surface area contributed by atoms with Crippen LogP contribution in [0.2, 0.25) is 0 Å². The van der Waals surface area contributed by atoms with Crippen LogP contribution >= 0.6 is 11.3 Å². The fourth-order valence-electron chi connectivity index (χ4n) is 2.49. The summed E-state index contributed by atoms with van der Waals surface area (Å²) in [6, 6.07) is -0.944. The van der Waals surface area contributed by atoms with Gasteiger partial charge in [0.25, 0.3) is 0 Å². The molecule has 0 aromatic carbocycles. The number of amides is 2. The highest BCUT2D eigenvalue weighted by Gasteiger charge is 2.50. The number of hydrogen-bond acceptors (Lipinski definition) is 6. The summed E-state index contributed by atoms with van der Waals surface area (Å²) in [6.07, 6.45) is 1.78. The van der Waals surface area contributed by atoms with Crippen molar-refractivity contribution in [3.8, 4) is 0 Å². The number of rotatable bonds is 3. The van der Waals surface area contributed by atoms with E-state index in [1.165, 1.54) is 16.2 Å². The van der Waals surface area contributed by atoms with Gasteiger partial charge in [-0.1, -0.05) is 18.3 Å². The second-order valence-electron chi connectivity index (χ2n) is 4.80. The molecule has 2 saturated heterocycles. The molecule has 2 atom stereocenters. The van der Waals surface area contributed by atoms with Crippen molar-refractivity contribution in [3.63, 3.8) is 0 Å². The largest absolute Gasteiger partial charge is 0.332 e. The van der Waals surface area contributed by atoms with Crippen molar-refractivity contribution in [2.24, 2.45) is 0 Å². The van der Waals surface area contributed by atoms with E-state index in [0.29, 0.717) is 5.13 Å². The standard InChI is InChI=1S/C10H14N4O3S2/c1-2-3-8-12-13-10(18-8)14-7-5-19(16,17)4-6(7)11-9(14)15/h6-7H,2-5H2,1H3,(H,11,15)/t6-,7+/m1/s1. The molecule has 1 aromatic heterocycles. The fraction of sp³-hybridized carbons (Fsp3) is 0.700. The van der Waals surface area contributed by atoms with Crippen molar-refractivity contribution in [1.29, 1.82) is 0 Å². The van der Waals surface area contributed by atoms with Crippen LogP contribution in [0.1, 0.15) is 18.4 Å². The Labute approximate surface area is 114 Å². The predicted octanol–water partition coefficient (Wildman–Crippen LogP) is 0.186. The van der Waals surface area contributed by atoms with Crippen LogP contribution in [0.15, 0.2) is 0 Å². The van der Waals surface area contributed by atoms with Crippen LogP contribution < -0.4 is 10.2 Å². The summed E-state index contributed by atoms with van der Waals surface area (Å²) in [5.74, 6) is 0.0135. The van der Waals surface area contributed by atoms with Gasteiger partial charge in [0, 0.05) is 6.42 Å². The SMILES string of the molecule is CCCc1nnc(N2C(=O)N[C@@H]3CS(=O)(=O)C[C@@H]32)s1. The number of anilines is 1. The summed E-state index contributed by atoms with van der Waals surface area (Å²) in [5.41, 5.74) is 0. The molecule has 0 bridgehead atoms. The van der Waals surface area contributed by atoms with Gasteiger partial charge < -0.3 is 5.32 Å². The molecule has 104 valence electrons. The topological polar surface area (TPSA) is 92.3 Å². The van der Waals surface area contributed by atoms with E-state index in [1.807, 2.05) is 6.92 Å². The van der Waals surface area contributed by atoms with Crippen LogP contribution in [0.4, 0.5) is 9.93 Å². The molecule has 1 aromatic rings. The van der Waals surface area contributed by atoms with Crippen LogP contribution in [-0.4, -0.2) is 48.2 Å². The summed E-state index contributed by atoms with van der Waals surface area (Å²) in [7, 11) is -3.07. The molecule has 0 radical (unpaired) electrons. The van der Waals surface area contributed by atoms with Crippen LogP contribution in [0.3, 0.4) is 0 Å². The highest BCUT2D eigenvalue weighted by molar-refractivity contribution is 7.91. The van der Waals surface area contributed by atoms with Gasteiger partial charge in [-0.05, 0) is 6.42 Å². The van der Waals surface area contributed by atoms with Gasteiger partial charge in [-0.2, -0.15) is 0 Å². The smallest absolute Gasteiger partial charge is 0.324 e. The maximum atomic E-state index is 11.9. The van der Waals surface area contributed by atoms with E-state index in [9.17, 15) is 13.2 Å². The third-order valence-electron chi connectivity index (χ3n) is 3.31. The minimum absolute atomic E-state index is 0.000895. The zero-order valence-corrected chi connectivity index (χ0v) is 12.0. The van der Waals surface area contributed by atoms with E-state index >= 15 is 0 Å². The van der Waals surface area contributed by atoms with Crippen LogP contribution in [0.5, 0.6) is 0 Å². The minimum atomic E-state index is -3.07. The second kappa shape index (κ2) is 4.41. The Balaban J connectivity index is 1.88. The van der Waals surface area contributed by atoms with E-state index in [2.05, 4.69) is 15.5 Å². The number of sulfone groups is 1. The van der Waals surface area contributed by atoms with Crippen LogP contribution in [0.25, 0.3) is 0 Å². The van der Waals surface area contributed by atoms with Crippen molar-refractivity contribution in [1.82, 2.24) is 15.5 Å². The summed E-state index contributed by atoms with van der Waals surface area (Å²) < 4.78 is 23.2. The average molecular weight is 302 g/mol. The molecule has 2 fully saturated rings. The zero-order valence-electron chi connectivity index (χ0n) is 10.4. The maximum Gasteiger partial charge on any atom is 0.324 e. The van der Waals surface area contributed by atoms with Crippen molar-refractivity contribution < 1.29 is 13.2 Å². The maximum absolute atomic E-state index is 11.9. The third-order valence-corrected chi connectivity index (χ3v) is 6.01. The molecule has 3 heterocycles. The Morgan fingerprint density at radius 1 is 1.42 bits per heavy atom. The molecule has 0 unspecified atom stereocenters. The molecule has 2 aliphatic heterocycles. The van der Waals surface area contributed by atoms with Gasteiger partial charge in [-0.15, -0.1) is 10.2 Å². The summed E-state index contributed by atoms with van der Waals surface area (Å²) in [5, 5.41) is 12.1.